The number of hydrogen-bond acceptors (Lipinski definition) is 6. The van der Waals surface area contributed by atoms with Crippen LogP contribution in [0.25, 0.3) is 0 Å². The molecule has 2 N–H and O–H groups in total. The number of nitrogens with zero attached hydrogens (tertiary/aromatic N) is 3. The summed E-state index contributed by atoms with van der Waals surface area (Å²) in [5.74, 6) is 0.659. The standard InChI is InChI=1S/C17H28N4O2/c1-12-19-10-14(11-20-12)15(9-18)21-7-5-13(6-8-21)16(22)23-17(2,3)4/h10-11,13,15H,5-9,18H2,1-4H3. The molecule has 2 rings (SSSR count). The van der Waals surface area contributed by atoms with Gasteiger partial charge in [-0.1, -0.05) is 0 Å². The average Bonchev–Trinajstić information content (AvgIpc) is 2.49. The third kappa shape index (κ3) is 4.97. The summed E-state index contributed by atoms with van der Waals surface area (Å²) < 4.78 is 5.49. The van der Waals surface area contributed by atoms with Crippen molar-refractivity contribution in [2.75, 3.05) is 19.6 Å². The van der Waals surface area contributed by atoms with Gasteiger partial charge in [0, 0.05) is 24.5 Å². The average molecular weight is 320 g/mol. The number of carbonyl (C=O) groups is 1. The third-order valence-corrected chi connectivity index (χ3v) is 4.12. The van der Waals surface area contributed by atoms with Crippen LogP contribution in [0.4, 0.5) is 0 Å². The van der Waals surface area contributed by atoms with Gasteiger partial charge in [-0.3, -0.25) is 9.69 Å². The minimum absolute atomic E-state index is 0.0156. The zero-order chi connectivity index (χ0) is 17.0. The topological polar surface area (TPSA) is 81.3 Å². The van der Waals surface area contributed by atoms with Crippen LogP contribution in [0.5, 0.6) is 0 Å². The maximum absolute atomic E-state index is 12.2. The van der Waals surface area contributed by atoms with E-state index in [2.05, 4.69) is 14.9 Å². The lowest BCUT2D eigenvalue weighted by Gasteiger charge is -2.37. The smallest absolute Gasteiger partial charge is 0.309 e. The molecule has 0 bridgehead atoms. The van der Waals surface area contributed by atoms with Crippen LogP contribution in [0.1, 0.15) is 51.0 Å². The lowest BCUT2D eigenvalue weighted by atomic mass is 9.94. The summed E-state index contributed by atoms with van der Waals surface area (Å²) in [5.41, 5.74) is 6.58. The zero-order valence-electron chi connectivity index (χ0n) is 14.6. The maximum Gasteiger partial charge on any atom is 0.309 e. The summed E-state index contributed by atoms with van der Waals surface area (Å²) in [4.78, 5) is 23.0. The molecule has 0 aliphatic carbocycles. The summed E-state index contributed by atoms with van der Waals surface area (Å²) in [5, 5.41) is 0. The molecule has 1 aromatic heterocycles. The van der Waals surface area contributed by atoms with Gasteiger partial charge in [0.2, 0.25) is 0 Å². The van der Waals surface area contributed by atoms with Crippen LogP contribution in [-0.4, -0.2) is 46.1 Å². The second-order valence-corrected chi connectivity index (χ2v) is 7.16. The van der Waals surface area contributed by atoms with E-state index in [0.29, 0.717) is 6.54 Å². The minimum atomic E-state index is -0.423. The third-order valence-electron chi connectivity index (χ3n) is 4.12. The molecule has 1 fully saturated rings. The van der Waals surface area contributed by atoms with Crippen LogP contribution in [0.2, 0.25) is 0 Å². The highest BCUT2D eigenvalue weighted by atomic mass is 16.6. The highest BCUT2D eigenvalue weighted by Crippen LogP contribution is 2.27. The number of likely N-dealkylation sites (tertiary alicyclic amines) is 1. The number of piperidine rings is 1. The SMILES string of the molecule is Cc1ncc(C(CN)N2CCC(C(=O)OC(C)(C)C)CC2)cn1. The van der Waals surface area contributed by atoms with E-state index in [1.165, 1.54) is 0 Å². The van der Waals surface area contributed by atoms with Gasteiger partial charge in [0.25, 0.3) is 0 Å². The molecule has 1 aliphatic rings. The Hall–Kier alpha value is -1.53. The van der Waals surface area contributed by atoms with E-state index < -0.39 is 5.60 Å². The summed E-state index contributed by atoms with van der Waals surface area (Å²) in [6, 6.07) is 0.107. The highest BCUT2D eigenvalue weighted by Gasteiger charge is 2.31. The maximum atomic E-state index is 12.2. The van der Waals surface area contributed by atoms with E-state index in [1.54, 1.807) is 0 Å². The van der Waals surface area contributed by atoms with Crippen molar-refractivity contribution in [3.8, 4) is 0 Å². The molecule has 0 spiro atoms. The second-order valence-electron chi connectivity index (χ2n) is 7.16. The van der Waals surface area contributed by atoms with Crippen LogP contribution in [-0.2, 0) is 9.53 Å². The first-order valence-electron chi connectivity index (χ1n) is 8.25. The Balaban J connectivity index is 1.94. The van der Waals surface area contributed by atoms with Crippen molar-refractivity contribution in [3.63, 3.8) is 0 Å². The Morgan fingerprint density at radius 3 is 2.39 bits per heavy atom. The Morgan fingerprint density at radius 2 is 1.91 bits per heavy atom. The van der Waals surface area contributed by atoms with Gasteiger partial charge in [-0.25, -0.2) is 9.97 Å². The van der Waals surface area contributed by atoms with Crippen molar-refractivity contribution in [1.29, 1.82) is 0 Å². The molecule has 1 aliphatic heterocycles. The van der Waals surface area contributed by atoms with Gasteiger partial charge in [0.05, 0.1) is 12.0 Å². The van der Waals surface area contributed by atoms with Crippen LogP contribution < -0.4 is 5.73 Å². The van der Waals surface area contributed by atoms with Crippen LogP contribution in [0, 0.1) is 12.8 Å². The van der Waals surface area contributed by atoms with Gasteiger partial charge < -0.3 is 10.5 Å². The molecule has 0 aromatic carbocycles. The molecule has 1 aromatic rings. The molecule has 0 amide bonds. The van der Waals surface area contributed by atoms with Crippen molar-refractivity contribution >= 4 is 5.97 Å². The van der Waals surface area contributed by atoms with Crippen molar-refractivity contribution in [2.45, 2.75) is 52.2 Å². The van der Waals surface area contributed by atoms with E-state index in [4.69, 9.17) is 10.5 Å². The molecule has 1 unspecified atom stereocenters. The zero-order valence-corrected chi connectivity index (χ0v) is 14.6. The molecule has 6 heteroatoms. The molecular weight excluding hydrogens is 292 g/mol. The second kappa shape index (κ2) is 7.36. The van der Waals surface area contributed by atoms with E-state index in [-0.39, 0.29) is 17.9 Å². The van der Waals surface area contributed by atoms with Crippen molar-refractivity contribution in [2.24, 2.45) is 11.7 Å². The largest absolute Gasteiger partial charge is 0.460 e. The summed E-state index contributed by atoms with van der Waals surface area (Å²) >= 11 is 0. The van der Waals surface area contributed by atoms with Gasteiger partial charge in [-0.15, -0.1) is 0 Å². The van der Waals surface area contributed by atoms with E-state index in [1.807, 2.05) is 40.1 Å². The van der Waals surface area contributed by atoms with Gasteiger partial charge >= 0.3 is 5.97 Å². The quantitative estimate of drug-likeness (QED) is 0.853. The van der Waals surface area contributed by atoms with Gasteiger partial charge in [-0.05, 0) is 53.6 Å². The van der Waals surface area contributed by atoms with Crippen LogP contribution >= 0.6 is 0 Å². The minimum Gasteiger partial charge on any atom is -0.460 e. The molecule has 23 heavy (non-hydrogen) atoms. The molecule has 1 saturated heterocycles. The van der Waals surface area contributed by atoms with Gasteiger partial charge in [-0.2, -0.15) is 0 Å². The van der Waals surface area contributed by atoms with E-state index >= 15 is 0 Å². The fourth-order valence-electron chi connectivity index (χ4n) is 2.90. The predicted molar refractivity (Wildman–Crippen MR) is 88.7 cm³/mol. The summed E-state index contributed by atoms with van der Waals surface area (Å²) in [6.07, 6.45) is 5.30. The van der Waals surface area contributed by atoms with Crippen molar-refractivity contribution in [1.82, 2.24) is 14.9 Å². The number of rotatable bonds is 4. The van der Waals surface area contributed by atoms with Crippen molar-refractivity contribution in [3.05, 3.63) is 23.8 Å². The summed E-state index contributed by atoms with van der Waals surface area (Å²) in [7, 11) is 0. The Morgan fingerprint density at radius 1 is 1.35 bits per heavy atom. The number of aryl methyl sites for hydroxylation is 1. The molecule has 2 heterocycles. The predicted octanol–water partition coefficient (Wildman–Crippen LogP) is 1.84. The molecule has 1 atom stereocenters. The molecular formula is C17H28N4O2. The molecule has 0 radical (unpaired) electrons. The Bertz CT molecular complexity index is 516. The number of aromatic nitrogens is 2. The first-order chi connectivity index (χ1) is 10.8. The molecule has 6 nitrogen and oxygen atoms in total. The monoisotopic (exact) mass is 320 g/mol. The number of esters is 1. The Kier molecular flexibility index (Phi) is 5.70. The first-order valence-corrected chi connectivity index (χ1v) is 8.25. The Labute approximate surface area is 138 Å². The van der Waals surface area contributed by atoms with Crippen LogP contribution in [0.15, 0.2) is 12.4 Å². The lowest BCUT2D eigenvalue weighted by Crippen LogP contribution is -2.42. The number of nitrogens with two attached hydrogens (primary N) is 1. The normalized spacial score (nSPS) is 18.7. The van der Waals surface area contributed by atoms with Crippen LogP contribution in [0.3, 0.4) is 0 Å². The highest BCUT2D eigenvalue weighted by molar-refractivity contribution is 5.73. The first kappa shape index (κ1) is 17.8. The van der Waals surface area contributed by atoms with Crippen molar-refractivity contribution < 1.29 is 9.53 Å². The van der Waals surface area contributed by atoms with E-state index in [9.17, 15) is 4.79 Å². The molecule has 128 valence electrons. The number of carbonyl (C=O) groups excluding carboxylic acids is 1. The van der Waals surface area contributed by atoms with Gasteiger partial charge in [0.1, 0.15) is 11.4 Å². The number of ether oxygens (including phenoxy) is 1. The van der Waals surface area contributed by atoms with Gasteiger partial charge in [0.15, 0.2) is 0 Å². The number of hydrogen-bond donors (Lipinski definition) is 1. The fourth-order valence-corrected chi connectivity index (χ4v) is 2.90. The lowest BCUT2D eigenvalue weighted by molar-refractivity contribution is -0.161. The summed E-state index contributed by atoms with van der Waals surface area (Å²) in [6.45, 7) is 9.77. The molecule has 0 saturated carbocycles. The van der Waals surface area contributed by atoms with E-state index in [0.717, 1.165) is 37.3 Å². The fraction of sp³-hybridized carbons (Fsp3) is 0.706.